The smallest absolute Gasteiger partial charge is 0.299 e. The van der Waals surface area contributed by atoms with Crippen molar-refractivity contribution >= 4 is 23.0 Å². The van der Waals surface area contributed by atoms with Gasteiger partial charge in [-0.15, -0.1) is 0 Å². The van der Waals surface area contributed by atoms with Crippen LogP contribution in [-0.2, 0) is 19.0 Å². The molecule has 1 atom stereocenters. The molecule has 0 spiro atoms. The second kappa shape index (κ2) is 16.7. The van der Waals surface area contributed by atoms with Crippen molar-refractivity contribution in [1.29, 1.82) is 0 Å². The van der Waals surface area contributed by atoms with Gasteiger partial charge >= 0.3 is 0 Å². The van der Waals surface area contributed by atoms with Crippen molar-refractivity contribution in [1.82, 2.24) is 10.6 Å². The molecule has 2 rings (SSSR count). The molecular formula is C22H35N5O8. The van der Waals surface area contributed by atoms with Gasteiger partial charge in [0.25, 0.3) is 11.4 Å². The highest BCUT2D eigenvalue weighted by Gasteiger charge is 2.20. The number of nitro benzene ring substituents is 2. The first-order chi connectivity index (χ1) is 17.0. The number of carbonyl (C=O) groups is 1. The van der Waals surface area contributed by atoms with E-state index in [2.05, 4.69) is 16.0 Å². The lowest BCUT2D eigenvalue weighted by Gasteiger charge is -2.21. The zero-order valence-electron chi connectivity index (χ0n) is 19.9. The van der Waals surface area contributed by atoms with Gasteiger partial charge < -0.3 is 30.2 Å². The Balaban J connectivity index is 1.39. The first-order valence-corrected chi connectivity index (χ1v) is 11.9. The molecule has 0 aromatic heterocycles. The first-order valence-electron chi connectivity index (χ1n) is 11.9. The molecule has 0 bridgehead atoms. The van der Waals surface area contributed by atoms with Crippen LogP contribution >= 0.6 is 0 Å². The summed E-state index contributed by atoms with van der Waals surface area (Å²) in [5.74, 6) is 0.192. The molecule has 0 radical (unpaired) electrons. The second-order valence-corrected chi connectivity index (χ2v) is 8.02. The van der Waals surface area contributed by atoms with E-state index in [1.54, 1.807) is 0 Å². The predicted octanol–water partition coefficient (Wildman–Crippen LogP) is 1.86. The Morgan fingerprint density at radius 1 is 0.971 bits per heavy atom. The molecule has 1 aliphatic rings. The molecule has 1 heterocycles. The standard InChI is InChI=1S/C22H35N5O8/c28-22(18-4-1-7-23-17-18)25-9-3-11-34-13-15-35-14-12-33-10-2-8-24-20-6-5-19(26(29)30)16-21(20)27(31)32/h5-6,16,18,23-24H,1-4,7-15,17H2,(H,25,28)/t18-/m1/s1. The highest BCUT2D eigenvalue weighted by atomic mass is 16.6. The van der Waals surface area contributed by atoms with E-state index in [9.17, 15) is 25.0 Å². The van der Waals surface area contributed by atoms with Crippen molar-refractivity contribution in [2.24, 2.45) is 5.92 Å². The molecule has 1 amide bonds. The fourth-order valence-corrected chi connectivity index (χ4v) is 3.48. The van der Waals surface area contributed by atoms with Gasteiger partial charge in [0.15, 0.2) is 0 Å². The summed E-state index contributed by atoms with van der Waals surface area (Å²) in [6.07, 6.45) is 3.35. The number of anilines is 1. The molecule has 1 aromatic carbocycles. The third-order valence-electron chi connectivity index (χ3n) is 5.35. The summed E-state index contributed by atoms with van der Waals surface area (Å²) in [5.41, 5.74) is -0.433. The number of non-ortho nitro benzene ring substituents is 1. The highest BCUT2D eigenvalue weighted by Crippen LogP contribution is 2.28. The largest absolute Gasteiger partial charge is 0.379 e. The van der Waals surface area contributed by atoms with Crippen LogP contribution in [0.4, 0.5) is 17.1 Å². The molecule has 13 heteroatoms. The molecule has 196 valence electrons. The van der Waals surface area contributed by atoms with E-state index in [0.29, 0.717) is 59.2 Å². The zero-order valence-corrected chi connectivity index (χ0v) is 19.9. The van der Waals surface area contributed by atoms with Crippen molar-refractivity contribution < 1.29 is 28.9 Å². The summed E-state index contributed by atoms with van der Waals surface area (Å²) in [7, 11) is 0. The fourth-order valence-electron chi connectivity index (χ4n) is 3.48. The number of hydrogen-bond donors (Lipinski definition) is 3. The Labute approximate surface area is 204 Å². The van der Waals surface area contributed by atoms with Crippen molar-refractivity contribution in [3.8, 4) is 0 Å². The van der Waals surface area contributed by atoms with Crippen LogP contribution in [-0.4, -0.2) is 81.6 Å². The van der Waals surface area contributed by atoms with Crippen molar-refractivity contribution in [2.75, 3.05) is 71.1 Å². The van der Waals surface area contributed by atoms with Gasteiger partial charge in [-0.2, -0.15) is 0 Å². The number of nitrogens with one attached hydrogen (secondary N) is 3. The molecule has 1 saturated heterocycles. The number of rotatable bonds is 18. The van der Waals surface area contributed by atoms with Crippen LogP contribution in [0.25, 0.3) is 0 Å². The lowest BCUT2D eigenvalue weighted by Crippen LogP contribution is -2.40. The van der Waals surface area contributed by atoms with Gasteiger partial charge in [-0.3, -0.25) is 25.0 Å². The monoisotopic (exact) mass is 497 g/mol. The summed E-state index contributed by atoms with van der Waals surface area (Å²) in [5, 5.41) is 31.0. The van der Waals surface area contributed by atoms with Crippen LogP contribution in [0.1, 0.15) is 25.7 Å². The number of nitrogens with zero attached hydrogens (tertiary/aromatic N) is 2. The van der Waals surface area contributed by atoms with E-state index in [1.807, 2.05) is 0 Å². The number of carbonyl (C=O) groups excluding carboxylic acids is 1. The van der Waals surface area contributed by atoms with Gasteiger partial charge in [-0.1, -0.05) is 0 Å². The third kappa shape index (κ3) is 11.4. The maximum Gasteiger partial charge on any atom is 0.299 e. The Morgan fingerprint density at radius 3 is 2.23 bits per heavy atom. The minimum Gasteiger partial charge on any atom is -0.379 e. The molecular weight excluding hydrogens is 462 g/mol. The SMILES string of the molecule is O=C(NCCCOCCOCCOCCCNc1ccc([N+](=O)[O-])cc1[N+](=O)[O-])[C@@H]1CCCNC1. The van der Waals surface area contributed by atoms with Crippen LogP contribution in [0, 0.1) is 26.1 Å². The Morgan fingerprint density at radius 2 is 1.63 bits per heavy atom. The van der Waals surface area contributed by atoms with Crippen LogP contribution in [0.2, 0.25) is 0 Å². The zero-order chi connectivity index (χ0) is 25.3. The van der Waals surface area contributed by atoms with Crippen molar-refractivity contribution in [3.05, 3.63) is 38.4 Å². The second-order valence-electron chi connectivity index (χ2n) is 8.02. The maximum atomic E-state index is 12.0. The van der Waals surface area contributed by atoms with E-state index in [1.165, 1.54) is 12.1 Å². The summed E-state index contributed by atoms with van der Waals surface area (Å²) in [6, 6.07) is 3.49. The molecule has 13 nitrogen and oxygen atoms in total. The summed E-state index contributed by atoms with van der Waals surface area (Å²) < 4.78 is 16.4. The van der Waals surface area contributed by atoms with Crippen LogP contribution in [0.3, 0.4) is 0 Å². The predicted molar refractivity (Wildman–Crippen MR) is 129 cm³/mol. The average Bonchev–Trinajstić information content (AvgIpc) is 2.86. The molecule has 0 aliphatic carbocycles. The molecule has 35 heavy (non-hydrogen) atoms. The molecule has 1 aliphatic heterocycles. The minimum atomic E-state index is -0.669. The molecule has 1 fully saturated rings. The molecule has 3 N–H and O–H groups in total. The Hall–Kier alpha value is -2.87. The number of piperidine rings is 1. The molecule has 0 saturated carbocycles. The van der Waals surface area contributed by atoms with Gasteiger partial charge in [0.1, 0.15) is 5.69 Å². The van der Waals surface area contributed by atoms with Gasteiger partial charge in [-0.25, -0.2) is 0 Å². The number of hydrogen-bond acceptors (Lipinski definition) is 10. The Bertz CT molecular complexity index is 804. The number of ether oxygens (including phenoxy) is 3. The number of nitro groups is 2. The first kappa shape index (κ1) is 28.4. The topological polar surface area (TPSA) is 167 Å². The minimum absolute atomic E-state index is 0.0769. The van der Waals surface area contributed by atoms with E-state index < -0.39 is 9.85 Å². The highest BCUT2D eigenvalue weighted by molar-refractivity contribution is 5.78. The van der Waals surface area contributed by atoms with Crippen molar-refractivity contribution in [2.45, 2.75) is 25.7 Å². The van der Waals surface area contributed by atoms with E-state index >= 15 is 0 Å². The van der Waals surface area contributed by atoms with Gasteiger partial charge in [0.05, 0.1) is 48.3 Å². The number of amides is 1. The summed E-state index contributed by atoms with van der Waals surface area (Å²) in [4.78, 5) is 32.5. The Kier molecular flexibility index (Phi) is 13.5. The van der Waals surface area contributed by atoms with Gasteiger partial charge in [-0.05, 0) is 38.3 Å². The van der Waals surface area contributed by atoms with Crippen LogP contribution < -0.4 is 16.0 Å². The van der Waals surface area contributed by atoms with Crippen molar-refractivity contribution in [3.63, 3.8) is 0 Å². The maximum absolute atomic E-state index is 12.0. The quantitative estimate of drug-likeness (QED) is 0.155. The van der Waals surface area contributed by atoms with Gasteiger partial charge in [0, 0.05) is 38.9 Å². The molecule has 1 aromatic rings. The summed E-state index contributed by atoms with van der Waals surface area (Å²) >= 11 is 0. The fraction of sp³-hybridized carbons (Fsp3) is 0.682. The van der Waals surface area contributed by atoms with Crippen LogP contribution in [0.15, 0.2) is 18.2 Å². The van der Waals surface area contributed by atoms with E-state index in [-0.39, 0.29) is 28.9 Å². The lowest BCUT2D eigenvalue weighted by atomic mass is 9.99. The third-order valence-corrected chi connectivity index (χ3v) is 5.35. The number of benzene rings is 1. The average molecular weight is 498 g/mol. The van der Waals surface area contributed by atoms with Crippen LogP contribution in [0.5, 0.6) is 0 Å². The molecule has 0 unspecified atom stereocenters. The normalized spacial score (nSPS) is 15.5. The van der Waals surface area contributed by atoms with E-state index in [0.717, 1.165) is 38.4 Å². The van der Waals surface area contributed by atoms with E-state index in [4.69, 9.17) is 14.2 Å². The van der Waals surface area contributed by atoms with Gasteiger partial charge in [0.2, 0.25) is 5.91 Å². The summed E-state index contributed by atoms with van der Waals surface area (Å²) in [6.45, 7) is 5.54. The lowest BCUT2D eigenvalue weighted by molar-refractivity contribution is -0.393.